The molecule has 0 spiro atoms. The maximum atomic E-state index is 14.2. The van der Waals surface area contributed by atoms with Crippen LogP contribution in [0.1, 0.15) is 83.1 Å². The van der Waals surface area contributed by atoms with Crippen molar-refractivity contribution in [3.8, 4) is 5.75 Å². The molecule has 30 heavy (non-hydrogen) atoms. The lowest BCUT2D eigenvalue weighted by molar-refractivity contribution is -0.144. The van der Waals surface area contributed by atoms with Gasteiger partial charge in [0, 0.05) is 0 Å². The van der Waals surface area contributed by atoms with Gasteiger partial charge in [-0.15, -0.1) is 0 Å². The van der Waals surface area contributed by atoms with Crippen molar-refractivity contribution in [2.45, 2.75) is 84.5 Å². The number of carbonyl (C=O) groups is 1. The fourth-order valence-corrected chi connectivity index (χ4v) is 6.68. The van der Waals surface area contributed by atoms with Crippen molar-refractivity contribution >= 4 is 5.97 Å². The summed E-state index contributed by atoms with van der Waals surface area (Å²) in [5, 5.41) is 0. The predicted octanol–water partition coefficient (Wildman–Crippen LogP) is 7.23. The molecule has 0 amide bonds. The highest BCUT2D eigenvalue weighted by Gasteiger charge is 2.43. The Bertz CT molecular complexity index is 754. The molecule has 0 bridgehead atoms. The Kier molecular flexibility index (Phi) is 6.79. The van der Waals surface area contributed by atoms with Gasteiger partial charge in [-0.2, -0.15) is 4.39 Å². The number of esters is 1. The van der Waals surface area contributed by atoms with Gasteiger partial charge in [-0.05, 0) is 86.7 Å². The van der Waals surface area contributed by atoms with E-state index in [1.165, 1.54) is 70.4 Å². The van der Waals surface area contributed by atoms with Gasteiger partial charge in [0.05, 0.1) is 5.92 Å². The molecule has 4 atom stereocenters. The zero-order valence-corrected chi connectivity index (χ0v) is 18.5. The Hall–Kier alpha value is -1.45. The van der Waals surface area contributed by atoms with Gasteiger partial charge in [-0.1, -0.05) is 45.1 Å². The fraction of sp³-hybridized carbons (Fsp3) is 0.731. The molecule has 0 N–H and O–H groups in total. The van der Waals surface area contributed by atoms with Gasteiger partial charge in [0.15, 0.2) is 11.6 Å². The number of carbonyl (C=O) groups excluding carboxylic acids is 1. The van der Waals surface area contributed by atoms with E-state index in [4.69, 9.17) is 4.74 Å². The normalized spacial score (nSPS) is 34.3. The van der Waals surface area contributed by atoms with E-state index < -0.39 is 11.6 Å². The Morgan fingerprint density at radius 3 is 2.40 bits per heavy atom. The Labute approximate surface area is 179 Å². The van der Waals surface area contributed by atoms with Crippen molar-refractivity contribution in [3.63, 3.8) is 0 Å². The second kappa shape index (κ2) is 9.36. The zero-order valence-electron chi connectivity index (χ0n) is 18.5. The molecule has 0 radical (unpaired) electrons. The molecule has 1 aromatic rings. The molecule has 3 saturated carbocycles. The quantitative estimate of drug-likeness (QED) is 0.381. The molecule has 2 nitrogen and oxygen atoms in total. The van der Waals surface area contributed by atoms with Crippen LogP contribution in [0.25, 0.3) is 0 Å². The first-order chi connectivity index (χ1) is 14.5. The van der Waals surface area contributed by atoms with Crippen LogP contribution in [-0.4, -0.2) is 5.97 Å². The van der Waals surface area contributed by atoms with E-state index in [0.29, 0.717) is 11.8 Å². The molecule has 0 saturated heterocycles. The van der Waals surface area contributed by atoms with Gasteiger partial charge >= 0.3 is 5.97 Å². The zero-order chi connectivity index (χ0) is 21.3. The lowest BCUT2D eigenvalue weighted by Gasteiger charge is -2.46. The van der Waals surface area contributed by atoms with E-state index >= 15 is 0 Å². The average Bonchev–Trinajstić information content (AvgIpc) is 2.78. The second-order valence-electron chi connectivity index (χ2n) is 10.2. The average molecular weight is 419 g/mol. The predicted molar refractivity (Wildman–Crippen MR) is 114 cm³/mol. The Morgan fingerprint density at radius 1 is 0.933 bits per heavy atom. The first kappa shape index (κ1) is 21.8. The molecular formula is C26H36F2O2. The summed E-state index contributed by atoms with van der Waals surface area (Å²) in [7, 11) is 0. The van der Waals surface area contributed by atoms with Crippen LogP contribution in [0, 0.1) is 54.1 Å². The smallest absolute Gasteiger partial charge is 0.314 e. The van der Waals surface area contributed by atoms with Crippen LogP contribution in [0.2, 0.25) is 0 Å². The summed E-state index contributed by atoms with van der Waals surface area (Å²) < 4.78 is 33.4. The highest BCUT2D eigenvalue weighted by atomic mass is 19.2. The topological polar surface area (TPSA) is 26.3 Å². The van der Waals surface area contributed by atoms with Crippen LogP contribution in [0.3, 0.4) is 0 Å². The van der Waals surface area contributed by atoms with Gasteiger partial charge in [0.2, 0.25) is 5.82 Å². The van der Waals surface area contributed by atoms with E-state index in [9.17, 15) is 13.6 Å². The number of halogens is 2. The van der Waals surface area contributed by atoms with Gasteiger partial charge in [-0.3, -0.25) is 4.79 Å². The molecule has 3 fully saturated rings. The van der Waals surface area contributed by atoms with E-state index in [0.717, 1.165) is 37.0 Å². The van der Waals surface area contributed by atoms with Crippen LogP contribution in [0.15, 0.2) is 12.1 Å². The van der Waals surface area contributed by atoms with Crippen LogP contribution in [0.4, 0.5) is 8.78 Å². The molecule has 0 aromatic heterocycles. The molecule has 0 heterocycles. The third-order valence-electron chi connectivity index (χ3n) is 8.58. The third kappa shape index (κ3) is 4.43. The number of hydrogen-bond acceptors (Lipinski definition) is 2. The van der Waals surface area contributed by atoms with Crippen LogP contribution in [-0.2, 0) is 4.79 Å². The number of aryl methyl sites for hydroxylation is 1. The van der Waals surface area contributed by atoms with Crippen molar-refractivity contribution in [1.82, 2.24) is 0 Å². The monoisotopic (exact) mass is 418 g/mol. The van der Waals surface area contributed by atoms with E-state index in [-0.39, 0.29) is 23.2 Å². The van der Waals surface area contributed by atoms with Crippen molar-refractivity contribution in [1.29, 1.82) is 0 Å². The Morgan fingerprint density at radius 2 is 1.67 bits per heavy atom. The number of hydrogen-bond donors (Lipinski definition) is 0. The number of ether oxygens (including phenoxy) is 1. The Balaban J connectivity index is 1.38. The minimum atomic E-state index is -1.05. The molecule has 3 aliphatic rings. The summed E-state index contributed by atoms with van der Waals surface area (Å²) in [6.07, 6.45) is 13.4. The second-order valence-corrected chi connectivity index (χ2v) is 10.2. The highest BCUT2D eigenvalue weighted by Crippen LogP contribution is 2.50. The number of rotatable bonds is 4. The van der Waals surface area contributed by atoms with Gasteiger partial charge in [-0.25, -0.2) is 4.39 Å². The van der Waals surface area contributed by atoms with Crippen molar-refractivity contribution < 1.29 is 18.3 Å². The maximum Gasteiger partial charge on any atom is 0.314 e. The van der Waals surface area contributed by atoms with E-state index in [1.54, 1.807) is 0 Å². The molecule has 166 valence electrons. The summed E-state index contributed by atoms with van der Waals surface area (Å²) in [4.78, 5) is 12.9. The summed E-state index contributed by atoms with van der Waals surface area (Å²) in [5.41, 5.74) is 0.219. The number of benzene rings is 1. The largest absolute Gasteiger partial charge is 0.423 e. The molecular weight excluding hydrogens is 382 g/mol. The summed E-state index contributed by atoms with van der Waals surface area (Å²) in [6, 6.07) is 2.83. The standard InChI is InChI=1S/C26H36F2O2/c1-3-17-8-10-18(11-9-17)19-12-13-21-20(15-19)5-4-6-22(21)26(29)30-23-14-7-16(2)24(27)25(23)28/h7,14,17-22H,3-6,8-13,15H2,1-2H3. The van der Waals surface area contributed by atoms with Gasteiger partial charge in [0.25, 0.3) is 0 Å². The summed E-state index contributed by atoms with van der Waals surface area (Å²) in [5.74, 6) is 0.727. The first-order valence-electron chi connectivity index (χ1n) is 12.1. The van der Waals surface area contributed by atoms with E-state index in [2.05, 4.69) is 6.92 Å². The molecule has 4 unspecified atom stereocenters. The van der Waals surface area contributed by atoms with Gasteiger partial charge < -0.3 is 4.74 Å². The minimum absolute atomic E-state index is 0.177. The molecule has 1 aromatic carbocycles. The van der Waals surface area contributed by atoms with Crippen LogP contribution in [0.5, 0.6) is 5.75 Å². The van der Waals surface area contributed by atoms with Crippen LogP contribution < -0.4 is 4.74 Å². The van der Waals surface area contributed by atoms with Gasteiger partial charge in [0.1, 0.15) is 0 Å². The minimum Gasteiger partial charge on any atom is -0.423 e. The lowest BCUT2D eigenvalue weighted by Crippen LogP contribution is -2.40. The molecule has 0 aliphatic heterocycles. The first-order valence-corrected chi connectivity index (χ1v) is 12.1. The maximum absolute atomic E-state index is 14.2. The van der Waals surface area contributed by atoms with Crippen molar-refractivity contribution in [2.75, 3.05) is 0 Å². The van der Waals surface area contributed by atoms with E-state index in [1.807, 2.05) is 0 Å². The molecule has 4 rings (SSSR count). The molecule has 4 heteroatoms. The van der Waals surface area contributed by atoms with Crippen LogP contribution >= 0.6 is 0 Å². The highest BCUT2D eigenvalue weighted by molar-refractivity contribution is 5.75. The molecule has 3 aliphatic carbocycles. The third-order valence-corrected chi connectivity index (χ3v) is 8.58. The summed E-state index contributed by atoms with van der Waals surface area (Å²) in [6.45, 7) is 3.82. The number of fused-ring (bicyclic) bond motifs is 1. The SMILES string of the molecule is CCC1CCC(C2CCC3C(CCCC3C(=O)Oc3ccc(C)c(F)c3F)C2)CC1. The summed E-state index contributed by atoms with van der Waals surface area (Å²) >= 11 is 0. The lowest BCUT2D eigenvalue weighted by atomic mass is 9.59. The fourth-order valence-electron chi connectivity index (χ4n) is 6.68. The van der Waals surface area contributed by atoms with Crippen molar-refractivity contribution in [2.24, 2.45) is 35.5 Å². The van der Waals surface area contributed by atoms with Crippen molar-refractivity contribution in [3.05, 3.63) is 29.3 Å².